The molecule has 1 aliphatic rings. The first-order valence-corrected chi connectivity index (χ1v) is 5.19. The Kier molecular flexibility index (Phi) is 2.24. The SMILES string of the molecule is CN1CC(N)C(=O)c2c1sc(C=O)c2O. The van der Waals surface area contributed by atoms with E-state index >= 15 is 0 Å². The largest absolute Gasteiger partial charge is 0.505 e. The molecule has 5 nitrogen and oxygen atoms in total. The van der Waals surface area contributed by atoms with E-state index in [1.165, 1.54) is 0 Å². The molecule has 1 aromatic rings. The van der Waals surface area contributed by atoms with Gasteiger partial charge in [-0.05, 0) is 0 Å². The zero-order valence-electron chi connectivity index (χ0n) is 8.06. The molecule has 2 heterocycles. The summed E-state index contributed by atoms with van der Waals surface area (Å²) >= 11 is 1.11. The summed E-state index contributed by atoms with van der Waals surface area (Å²) in [5.41, 5.74) is 5.80. The van der Waals surface area contributed by atoms with E-state index < -0.39 is 6.04 Å². The predicted molar refractivity (Wildman–Crippen MR) is 56.9 cm³/mol. The fourth-order valence-corrected chi connectivity index (χ4v) is 2.63. The van der Waals surface area contributed by atoms with Crippen molar-refractivity contribution in [2.75, 3.05) is 18.5 Å². The van der Waals surface area contributed by atoms with Crippen LogP contribution in [-0.4, -0.2) is 36.8 Å². The number of hydrogen-bond donors (Lipinski definition) is 2. The number of likely N-dealkylation sites (N-methyl/N-ethyl adjacent to an activating group) is 1. The molecular formula is C9H10N2O3S. The van der Waals surface area contributed by atoms with Crippen LogP contribution < -0.4 is 10.6 Å². The van der Waals surface area contributed by atoms with Crippen LogP contribution in [0.3, 0.4) is 0 Å². The summed E-state index contributed by atoms with van der Waals surface area (Å²) < 4.78 is 0. The van der Waals surface area contributed by atoms with Gasteiger partial charge in [-0.3, -0.25) is 9.59 Å². The summed E-state index contributed by atoms with van der Waals surface area (Å²) in [6.07, 6.45) is 0.547. The molecule has 0 bridgehead atoms. The maximum absolute atomic E-state index is 11.7. The molecule has 0 fully saturated rings. The summed E-state index contributed by atoms with van der Waals surface area (Å²) in [5.74, 6) is -0.540. The van der Waals surface area contributed by atoms with Crippen LogP contribution >= 0.6 is 11.3 Å². The van der Waals surface area contributed by atoms with Gasteiger partial charge in [0, 0.05) is 13.6 Å². The van der Waals surface area contributed by atoms with Gasteiger partial charge in [0.05, 0.1) is 11.6 Å². The number of aromatic hydroxyl groups is 1. The molecule has 80 valence electrons. The third-order valence-corrected chi connectivity index (χ3v) is 3.62. The van der Waals surface area contributed by atoms with E-state index in [4.69, 9.17) is 5.73 Å². The van der Waals surface area contributed by atoms with Gasteiger partial charge >= 0.3 is 0 Å². The van der Waals surface area contributed by atoms with Crippen LogP contribution in [-0.2, 0) is 0 Å². The van der Waals surface area contributed by atoms with E-state index in [1.54, 1.807) is 11.9 Å². The third-order valence-electron chi connectivity index (χ3n) is 2.40. The minimum absolute atomic E-state index is 0.175. The third kappa shape index (κ3) is 1.33. The molecular weight excluding hydrogens is 216 g/mol. The first-order chi connectivity index (χ1) is 7.06. The van der Waals surface area contributed by atoms with Crippen molar-refractivity contribution in [3.63, 3.8) is 0 Å². The van der Waals surface area contributed by atoms with Crippen LogP contribution in [0.4, 0.5) is 5.00 Å². The highest BCUT2D eigenvalue weighted by atomic mass is 32.1. The van der Waals surface area contributed by atoms with Crippen molar-refractivity contribution >= 4 is 28.4 Å². The fraction of sp³-hybridized carbons (Fsp3) is 0.333. The average molecular weight is 226 g/mol. The highest BCUT2D eigenvalue weighted by Crippen LogP contribution is 2.42. The fourth-order valence-electron chi connectivity index (χ4n) is 1.65. The van der Waals surface area contributed by atoms with Crippen molar-refractivity contribution in [3.05, 3.63) is 10.4 Å². The Bertz CT molecular complexity index is 441. The topological polar surface area (TPSA) is 83.6 Å². The van der Waals surface area contributed by atoms with Crippen molar-refractivity contribution < 1.29 is 14.7 Å². The van der Waals surface area contributed by atoms with Gasteiger partial charge in [-0.1, -0.05) is 0 Å². The number of nitrogens with two attached hydrogens (primary N) is 1. The van der Waals surface area contributed by atoms with Crippen LogP contribution in [0.1, 0.15) is 20.0 Å². The Balaban J connectivity index is 2.64. The zero-order valence-corrected chi connectivity index (χ0v) is 8.87. The number of hydrogen-bond acceptors (Lipinski definition) is 6. The van der Waals surface area contributed by atoms with E-state index in [1.807, 2.05) is 0 Å². The average Bonchev–Trinajstić information content (AvgIpc) is 2.53. The van der Waals surface area contributed by atoms with Gasteiger partial charge < -0.3 is 15.7 Å². The lowest BCUT2D eigenvalue weighted by molar-refractivity contribution is 0.0956. The molecule has 2 rings (SSSR count). The number of rotatable bonds is 1. The number of ketones is 1. The highest BCUT2D eigenvalue weighted by Gasteiger charge is 2.33. The number of Topliss-reactive ketones (excluding diaryl/α,β-unsaturated/α-hetero) is 1. The van der Waals surface area contributed by atoms with Crippen molar-refractivity contribution in [2.24, 2.45) is 5.73 Å². The second kappa shape index (κ2) is 3.32. The lowest BCUT2D eigenvalue weighted by atomic mass is 10.0. The second-order valence-corrected chi connectivity index (χ2v) is 4.49. The minimum Gasteiger partial charge on any atom is -0.505 e. The monoisotopic (exact) mass is 226 g/mol. The van der Waals surface area contributed by atoms with Gasteiger partial charge in [0.15, 0.2) is 12.1 Å². The van der Waals surface area contributed by atoms with Crippen LogP contribution in [0.2, 0.25) is 0 Å². The predicted octanol–water partition coefficient (Wildman–Crippen LogP) is 0.226. The van der Waals surface area contributed by atoms with Crippen molar-refractivity contribution in [2.45, 2.75) is 6.04 Å². The number of carbonyl (C=O) groups is 2. The van der Waals surface area contributed by atoms with Gasteiger partial charge in [0.1, 0.15) is 15.6 Å². The van der Waals surface area contributed by atoms with E-state index in [2.05, 4.69) is 0 Å². The molecule has 0 aliphatic carbocycles. The van der Waals surface area contributed by atoms with Crippen LogP contribution in [0.25, 0.3) is 0 Å². The quantitative estimate of drug-likeness (QED) is 0.669. The maximum atomic E-state index is 11.7. The molecule has 0 spiro atoms. The van der Waals surface area contributed by atoms with E-state index in [0.717, 1.165) is 11.3 Å². The summed E-state index contributed by atoms with van der Waals surface area (Å²) in [7, 11) is 1.77. The first kappa shape index (κ1) is 10.1. The maximum Gasteiger partial charge on any atom is 0.188 e. The minimum atomic E-state index is -0.637. The number of nitrogens with zero attached hydrogens (tertiary/aromatic N) is 1. The number of anilines is 1. The normalized spacial score (nSPS) is 20.3. The molecule has 0 amide bonds. The standard InChI is InChI=1S/C9H10N2O3S/c1-11-2-4(10)7(13)6-8(14)5(3-12)15-9(6)11/h3-4,14H,2,10H2,1H3. The molecule has 1 aliphatic heterocycles. The summed E-state index contributed by atoms with van der Waals surface area (Å²) in [4.78, 5) is 24.3. The number of carbonyl (C=O) groups excluding carboxylic acids is 2. The molecule has 0 saturated carbocycles. The molecule has 1 unspecified atom stereocenters. The van der Waals surface area contributed by atoms with Gasteiger partial charge in [-0.15, -0.1) is 11.3 Å². The van der Waals surface area contributed by atoms with E-state index in [9.17, 15) is 14.7 Å². The van der Waals surface area contributed by atoms with E-state index in [0.29, 0.717) is 17.8 Å². The van der Waals surface area contributed by atoms with Gasteiger partial charge in [0.25, 0.3) is 0 Å². The van der Waals surface area contributed by atoms with Gasteiger partial charge in [0.2, 0.25) is 0 Å². The lowest BCUT2D eigenvalue weighted by Gasteiger charge is -2.27. The smallest absolute Gasteiger partial charge is 0.188 e. The first-order valence-electron chi connectivity index (χ1n) is 4.38. The van der Waals surface area contributed by atoms with Crippen LogP contribution in [0.15, 0.2) is 0 Å². The molecule has 15 heavy (non-hydrogen) atoms. The Morgan fingerprint density at radius 3 is 2.93 bits per heavy atom. The Morgan fingerprint density at radius 2 is 2.33 bits per heavy atom. The molecule has 0 saturated heterocycles. The number of thiophene rings is 1. The van der Waals surface area contributed by atoms with Crippen molar-refractivity contribution in [1.82, 2.24) is 0 Å². The number of fused-ring (bicyclic) bond motifs is 1. The van der Waals surface area contributed by atoms with Crippen molar-refractivity contribution in [3.8, 4) is 5.75 Å². The van der Waals surface area contributed by atoms with Gasteiger partial charge in [-0.25, -0.2) is 0 Å². The molecule has 3 N–H and O–H groups in total. The molecule has 1 atom stereocenters. The van der Waals surface area contributed by atoms with Gasteiger partial charge in [-0.2, -0.15) is 0 Å². The van der Waals surface area contributed by atoms with Crippen LogP contribution in [0, 0.1) is 0 Å². The Labute approximate surface area is 90.1 Å². The number of aldehydes is 1. The summed E-state index contributed by atoms with van der Waals surface area (Å²) in [6.45, 7) is 0.407. The Morgan fingerprint density at radius 1 is 1.67 bits per heavy atom. The summed E-state index contributed by atoms with van der Waals surface area (Å²) in [5, 5.41) is 10.3. The second-order valence-electron chi connectivity index (χ2n) is 3.46. The zero-order chi connectivity index (χ0) is 11.2. The molecule has 1 aromatic heterocycles. The molecule has 6 heteroatoms. The lowest BCUT2D eigenvalue weighted by Crippen LogP contribution is -2.45. The van der Waals surface area contributed by atoms with E-state index in [-0.39, 0.29) is 22.0 Å². The Hall–Kier alpha value is -1.40. The van der Waals surface area contributed by atoms with Crippen molar-refractivity contribution in [1.29, 1.82) is 0 Å². The van der Waals surface area contributed by atoms with Crippen LogP contribution in [0.5, 0.6) is 5.75 Å². The molecule has 0 aromatic carbocycles. The highest BCUT2D eigenvalue weighted by molar-refractivity contribution is 7.18. The molecule has 0 radical (unpaired) electrons. The summed E-state index contributed by atoms with van der Waals surface area (Å²) in [6, 6.07) is -0.637.